The summed E-state index contributed by atoms with van der Waals surface area (Å²) in [6.45, 7) is 8.22. The van der Waals surface area contributed by atoms with E-state index in [0.29, 0.717) is 12.6 Å². The van der Waals surface area contributed by atoms with Gasteiger partial charge < -0.3 is 10.6 Å². The molecule has 3 heteroatoms. The highest BCUT2D eigenvalue weighted by Gasteiger charge is 2.12. The van der Waals surface area contributed by atoms with Gasteiger partial charge in [-0.15, -0.1) is 0 Å². The lowest BCUT2D eigenvalue weighted by Gasteiger charge is -2.29. The zero-order valence-corrected chi connectivity index (χ0v) is 11.1. The fraction of sp³-hybridized carbons (Fsp3) is 0.538. The Morgan fingerprint density at radius 1 is 1.38 bits per heavy atom. The molecule has 1 aromatic carbocycles. The SMILES string of the molecule is CCN(c1ccc(Cl)cc1CCN)C(C)C. The van der Waals surface area contributed by atoms with Crippen LogP contribution in [0.4, 0.5) is 5.69 Å². The molecule has 0 bridgehead atoms. The van der Waals surface area contributed by atoms with Gasteiger partial charge in [0.2, 0.25) is 0 Å². The Morgan fingerprint density at radius 2 is 2.06 bits per heavy atom. The molecule has 2 N–H and O–H groups in total. The van der Waals surface area contributed by atoms with Gasteiger partial charge in [0.25, 0.3) is 0 Å². The Balaban J connectivity index is 3.09. The van der Waals surface area contributed by atoms with Crippen LogP contribution >= 0.6 is 11.6 Å². The second-order valence-electron chi connectivity index (χ2n) is 4.19. The van der Waals surface area contributed by atoms with Gasteiger partial charge in [0.15, 0.2) is 0 Å². The molecule has 0 heterocycles. The van der Waals surface area contributed by atoms with Crippen LogP contribution in [0, 0.1) is 0 Å². The molecule has 0 saturated carbocycles. The number of nitrogens with two attached hydrogens (primary N) is 1. The van der Waals surface area contributed by atoms with Crippen LogP contribution in [0.1, 0.15) is 26.3 Å². The van der Waals surface area contributed by atoms with Crippen LogP contribution < -0.4 is 10.6 Å². The third kappa shape index (κ3) is 3.13. The highest BCUT2D eigenvalue weighted by molar-refractivity contribution is 6.30. The summed E-state index contributed by atoms with van der Waals surface area (Å²) in [5.41, 5.74) is 8.13. The largest absolute Gasteiger partial charge is 0.369 e. The average Bonchev–Trinajstić information content (AvgIpc) is 2.22. The fourth-order valence-electron chi connectivity index (χ4n) is 2.00. The topological polar surface area (TPSA) is 29.3 Å². The predicted molar refractivity (Wildman–Crippen MR) is 72.4 cm³/mol. The normalized spacial score (nSPS) is 10.9. The number of benzene rings is 1. The first-order valence-electron chi connectivity index (χ1n) is 5.85. The van der Waals surface area contributed by atoms with Crippen molar-refractivity contribution in [2.24, 2.45) is 5.73 Å². The van der Waals surface area contributed by atoms with Crippen molar-refractivity contribution in [3.8, 4) is 0 Å². The van der Waals surface area contributed by atoms with Crippen LogP contribution in [0.25, 0.3) is 0 Å². The molecule has 0 aliphatic heterocycles. The van der Waals surface area contributed by atoms with Crippen LogP contribution in [0.2, 0.25) is 5.02 Å². The van der Waals surface area contributed by atoms with Crippen molar-refractivity contribution in [2.45, 2.75) is 33.2 Å². The summed E-state index contributed by atoms with van der Waals surface area (Å²) in [4.78, 5) is 2.36. The van der Waals surface area contributed by atoms with Crippen molar-refractivity contribution < 1.29 is 0 Å². The maximum absolute atomic E-state index is 6.02. The molecule has 0 saturated heterocycles. The zero-order valence-electron chi connectivity index (χ0n) is 10.3. The maximum Gasteiger partial charge on any atom is 0.0410 e. The number of hydrogen-bond acceptors (Lipinski definition) is 2. The summed E-state index contributed by atoms with van der Waals surface area (Å²) in [5, 5.41) is 0.784. The molecule has 16 heavy (non-hydrogen) atoms. The van der Waals surface area contributed by atoms with Crippen molar-refractivity contribution in [3.05, 3.63) is 28.8 Å². The minimum atomic E-state index is 0.489. The molecule has 0 aliphatic carbocycles. The first-order chi connectivity index (χ1) is 7.60. The van der Waals surface area contributed by atoms with Gasteiger partial charge in [-0.1, -0.05) is 11.6 Å². The molecule has 0 spiro atoms. The summed E-state index contributed by atoms with van der Waals surface area (Å²) >= 11 is 6.02. The second kappa shape index (κ2) is 6.12. The Kier molecular flexibility index (Phi) is 5.10. The number of rotatable bonds is 5. The quantitative estimate of drug-likeness (QED) is 0.857. The first-order valence-corrected chi connectivity index (χ1v) is 6.23. The summed E-state index contributed by atoms with van der Waals surface area (Å²) in [6, 6.07) is 6.55. The number of halogens is 1. The van der Waals surface area contributed by atoms with E-state index in [4.69, 9.17) is 17.3 Å². The van der Waals surface area contributed by atoms with E-state index < -0.39 is 0 Å². The predicted octanol–water partition coefficient (Wildman–Crippen LogP) is 3.08. The van der Waals surface area contributed by atoms with Gasteiger partial charge in [0, 0.05) is 23.3 Å². The van der Waals surface area contributed by atoms with Gasteiger partial charge in [-0.05, 0) is 57.5 Å². The Bertz CT molecular complexity index is 337. The zero-order chi connectivity index (χ0) is 12.1. The van der Waals surface area contributed by atoms with Gasteiger partial charge in [-0.3, -0.25) is 0 Å². The monoisotopic (exact) mass is 240 g/mol. The lowest BCUT2D eigenvalue weighted by atomic mass is 10.1. The highest BCUT2D eigenvalue weighted by Crippen LogP contribution is 2.26. The van der Waals surface area contributed by atoms with Crippen molar-refractivity contribution in [1.29, 1.82) is 0 Å². The minimum Gasteiger partial charge on any atom is -0.369 e. The Labute approximate surface area is 103 Å². The van der Waals surface area contributed by atoms with E-state index in [1.807, 2.05) is 12.1 Å². The lowest BCUT2D eigenvalue weighted by molar-refractivity contribution is 0.699. The Morgan fingerprint density at radius 3 is 2.56 bits per heavy atom. The standard InChI is InChI=1S/C13H21ClN2/c1-4-16(10(2)3)13-6-5-12(14)9-11(13)7-8-15/h5-6,9-10H,4,7-8,15H2,1-3H3. The average molecular weight is 241 g/mol. The van der Waals surface area contributed by atoms with E-state index in [1.165, 1.54) is 11.3 Å². The van der Waals surface area contributed by atoms with Crippen LogP contribution in [-0.4, -0.2) is 19.1 Å². The number of anilines is 1. The van der Waals surface area contributed by atoms with E-state index in [2.05, 4.69) is 31.7 Å². The molecule has 0 aromatic heterocycles. The van der Waals surface area contributed by atoms with Crippen LogP contribution in [0.5, 0.6) is 0 Å². The van der Waals surface area contributed by atoms with E-state index >= 15 is 0 Å². The van der Waals surface area contributed by atoms with Crippen LogP contribution in [0.15, 0.2) is 18.2 Å². The molecule has 0 atom stereocenters. The summed E-state index contributed by atoms with van der Waals surface area (Å²) in [6.07, 6.45) is 0.874. The van der Waals surface area contributed by atoms with Crippen molar-refractivity contribution >= 4 is 17.3 Å². The van der Waals surface area contributed by atoms with Crippen molar-refractivity contribution in [2.75, 3.05) is 18.0 Å². The smallest absolute Gasteiger partial charge is 0.0410 e. The van der Waals surface area contributed by atoms with Gasteiger partial charge >= 0.3 is 0 Å². The molecular weight excluding hydrogens is 220 g/mol. The summed E-state index contributed by atoms with van der Waals surface area (Å²) in [5.74, 6) is 0. The number of nitrogens with zero attached hydrogens (tertiary/aromatic N) is 1. The third-order valence-electron chi connectivity index (χ3n) is 2.73. The maximum atomic E-state index is 6.02. The molecule has 1 rings (SSSR count). The molecule has 2 nitrogen and oxygen atoms in total. The summed E-state index contributed by atoms with van der Waals surface area (Å²) in [7, 11) is 0. The first kappa shape index (κ1) is 13.3. The van der Waals surface area contributed by atoms with Gasteiger partial charge in [-0.25, -0.2) is 0 Å². The molecule has 0 amide bonds. The molecule has 0 aliphatic rings. The molecule has 90 valence electrons. The van der Waals surface area contributed by atoms with E-state index in [-0.39, 0.29) is 0 Å². The second-order valence-corrected chi connectivity index (χ2v) is 4.63. The molecule has 0 radical (unpaired) electrons. The number of hydrogen-bond donors (Lipinski definition) is 1. The van der Waals surface area contributed by atoms with Crippen molar-refractivity contribution in [1.82, 2.24) is 0 Å². The fourth-order valence-corrected chi connectivity index (χ4v) is 2.20. The van der Waals surface area contributed by atoms with Crippen LogP contribution in [-0.2, 0) is 6.42 Å². The Hall–Kier alpha value is -0.730. The van der Waals surface area contributed by atoms with Gasteiger partial charge in [-0.2, -0.15) is 0 Å². The van der Waals surface area contributed by atoms with Gasteiger partial charge in [0.1, 0.15) is 0 Å². The molecule has 0 unspecified atom stereocenters. The van der Waals surface area contributed by atoms with E-state index in [9.17, 15) is 0 Å². The van der Waals surface area contributed by atoms with E-state index in [1.54, 1.807) is 0 Å². The lowest BCUT2D eigenvalue weighted by Crippen LogP contribution is -2.31. The molecule has 1 aromatic rings. The third-order valence-corrected chi connectivity index (χ3v) is 2.96. The summed E-state index contributed by atoms with van der Waals surface area (Å²) < 4.78 is 0. The van der Waals surface area contributed by atoms with E-state index in [0.717, 1.165) is 18.0 Å². The minimum absolute atomic E-state index is 0.489. The van der Waals surface area contributed by atoms with Crippen LogP contribution in [0.3, 0.4) is 0 Å². The molecule has 0 fully saturated rings. The highest BCUT2D eigenvalue weighted by atomic mass is 35.5. The van der Waals surface area contributed by atoms with Crippen molar-refractivity contribution in [3.63, 3.8) is 0 Å². The molecular formula is C13H21ClN2. The van der Waals surface area contributed by atoms with Gasteiger partial charge in [0.05, 0.1) is 0 Å².